The van der Waals surface area contributed by atoms with Crippen molar-refractivity contribution in [3.63, 3.8) is 0 Å². The van der Waals surface area contributed by atoms with Crippen molar-refractivity contribution in [3.8, 4) is 0 Å². The van der Waals surface area contributed by atoms with Gasteiger partial charge in [-0.2, -0.15) is 0 Å². The van der Waals surface area contributed by atoms with Crippen LogP contribution in [0.5, 0.6) is 0 Å². The van der Waals surface area contributed by atoms with Crippen molar-refractivity contribution in [2.24, 2.45) is 0 Å². The minimum atomic E-state index is 0.154. The second kappa shape index (κ2) is 5.21. The van der Waals surface area contributed by atoms with Crippen LogP contribution < -0.4 is 0 Å². The first kappa shape index (κ1) is 12.1. The molecule has 0 N–H and O–H groups in total. The molecule has 15 heavy (non-hydrogen) atoms. The van der Waals surface area contributed by atoms with Crippen LogP contribution in [-0.4, -0.2) is 30.7 Å². The van der Waals surface area contributed by atoms with E-state index < -0.39 is 0 Å². The van der Waals surface area contributed by atoms with Gasteiger partial charge >= 0.3 is 0 Å². The molecule has 1 amide bonds. The second-order valence-electron chi connectivity index (χ2n) is 3.85. The van der Waals surface area contributed by atoms with Crippen molar-refractivity contribution in [2.45, 2.75) is 18.7 Å². The highest BCUT2D eigenvalue weighted by Gasteiger charge is 2.06. The van der Waals surface area contributed by atoms with E-state index in [0.717, 1.165) is 0 Å². The minimum Gasteiger partial charge on any atom is -0.348 e. The smallest absolute Gasteiger partial charge is 0.232 e. The third-order valence-electron chi connectivity index (χ3n) is 2.19. The molecule has 82 valence electrons. The number of carbonyl (C=O) groups excluding carboxylic acids is 1. The number of thioether (sulfide) groups is 1. The lowest BCUT2D eigenvalue weighted by Crippen LogP contribution is -2.23. The number of hydrogen-bond donors (Lipinski definition) is 0. The van der Waals surface area contributed by atoms with Crippen LogP contribution >= 0.6 is 11.8 Å². The topological polar surface area (TPSA) is 20.3 Å². The van der Waals surface area contributed by atoms with E-state index in [4.69, 9.17) is 0 Å². The molecule has 3 heteroatoms. The molecule has 0 bridgehead atoms. The Kier molecular flexibility index (Phi) is 4.21. The van der Waals surface area contributed by atoms with Crippen molar-refractivity contribution in [1.29, 1.82) is 0 Å². The Morgan fingerprint density at radius 3 is 2.60 bits per heavy atom. The summed E-state index contributed by atoms with van der Waals surface area (Å²) < 4.78 is 0. The quantitative estimate of drug-likeness (QED) is 0.734. The van der Waals surface area contributed by atoms with Crippen molar-refractivity contribution < 1.29 is 4.79 Å². The van der Waals surface area contributed by atoms with E-state index in [1.54, 1.807) is 30.8 Å². The predicted molar refractivity (Wildman–Crippen MR) is 65.3 cm³/mol. The Hall–Kier alpha value is -0.960. The Bertz CT molecular complexity index is 361. The van der Waals surface area contributed by atoms with E-state index >= 15 is 0 Å². The van der Waals surface area contributed by atoms with Crippen molar-refractivity contribution in [3.05, 3.63) is 29.3 Å². The molecule has 1 aromatic carbocycles. The van der Waals surface area contributed by atoms with Crippen molar-refractivity contribution in [1.82, 2.24) is 4.90 Å². The third-order valence-corrected chi connectivity index (χ3v) is 3.34. The first-order valence-corrected chi connectivity index (χ1v) is 5.89. The number of aryl methyl sites for hydroxylation is 2. The standard InChI is InChI=1S/C12H17NOS/c1-9-5-6-10(2)11(7-9)15-8-12(14)13(3)4/h5-7H,8H2,1-4H3. The zero-order valence-corrected chi connectivity index (χ0v) is 10.5. The van der Waals surface area contributed by atoms with Crippen LogP contribution in [0.2, 0.25) is 0 Å². The first-order chi connectivity index (χ1) is 7.00. The van der Waals surface area contributed by atoms with Gasteiger partial charge in [0.15, 0.2) is 0 Å². The zero-order chi connectivity index (χ0) is 11.4. The molecule has 0 heterocycles. The van der Waals surface area contributed by atoms with Gasteiger partial charge in [-0.15, -0.1) is 11.8 Å². The van der Waals surface area contributed by atoms with Crippen LogP contribution in [0.4, 0.5) is 0 Å². The number of rotatable bonds is 3. The summed E-state index contributed by atoms with van der Waals surface area (Å²) >= 11 is 1.61. The lowest BCUT2D eigenvalue weighted by atomic mass is 10.2. The molecule has 1 aromatic rings. The molecule has 0 saturated carbocycles. The number of nitrogens with zero attached hydrogens (tertiary/aromatic N) is 1. The number of amides is 1. The molecule has 0 spiro atoms. The van der Waals surface area contributed by atoms with Gasteiger partial charge < -0.3 is 4.90 Å². The molecule has 0 aliphatic rings. The highest BCUT2D eigenvalue weighted by atomic mass is 32.2. The predicted octanol–water partition coefficient (Wildman–Crippen LogP) is 2.48. The molecule has 0 saturated heterocycles. The summed E-state index contributed by atoms with van der Waals surface area (Å²) in [4.78, 5) is 14.2. The van der Waals surface area contributed by atoms with Crippen molar-refractivity contribution >= 4 is 17.7 Å². The van der Waals surface area contributed by atoms with Crippen LogP contribution in [0.15, 0.2) is 23.1 Å². The molecule has 2 nitrogen and oxygen atoms in total. The van der Waals surface area contributed by atoms with Crippen LogP contribution in [-0.2, 0) is 4.79 Å². The number of benzene rings is 1. The van der Waals surface area contributed by atoms with E-state index in [0.29, 0.717) is 5.75 Å². The van der Waals surface area contributed by atoms with Gasteiger partial charge in [-0.25, -0.2) is 0 Å². The minimum absolute atomic E-state index is 0.154. The Labute approximate surface area is 95.7 Å². The van der Waals surface area contributed by atoms with Crippen LogP contribution in [0.3, 0.4) is 0 Å². The van der Waals surface area contributed by atoms with Crippen LogP contribution in [0.25, 0.3) is 0 Å². The van der Waals surface area contributed by atoms with Crippen molar-refractivity contribution in [2.75, 3.05) is 19.8 Å². The van der Waals surface area contributed by atoms with Crippen LogP contribution in [0, 0.1) is 13.8 Å². The maximum atomic E-state index is 11.4. The zero-order valence-electron chi connectivity index (χ0n) is 9.70. The Balaban J connectivity index is 2.65. The fraction of sp³-hybridized carbons (Fsp3) is 0.417. The number of carbonyl (C=O) groups is 1. The molecular weight excluding hydrogens is 206 g/mol. The van der Waals surface area contributed by atoms with Gasteiger partial charge in [0, 0.05) is 19.0 Å². The molecule has 0 aromatic heterocycles. The molecule has 0 atom stereocenters. The fourth-order valence-corrected chi connectivity index (χ4v) is 2.23. The molecule has 1 rings (SSSR count). The van der Waals surface area contributed by atoms with Crippen LogP contribution in [0.1, 0.15) is 11.1 Å². The monoisotopic (exact) mass is 223 g/mol. The van der Waals surface area contributed by atoms with Gasteiger partial charge in [0.25, 0.3) is 0 Å². The summed E-state index contributed by atoms with van der Waals surface area (Å²) in [6, 6.07) is 6.31. The Morgan fingerprint density at radius 2 is 2.00 bits per heavy atom. The van der Waals surface area contributed by atoms with Gasteiger partial charge in [-0.1, -0.05) is 17.7 Å². The third kappa shape index (κ3) is 3.59. The highest BCUT2D eigenvalue weighted by Crippen LogP contribution is 2.23. The van der Waals surface area contributed by atoms with E-state index in [9.17, 15) is 4.79 Å². The SMILES string of the molecule is Cc1ccc(C)c(SCC(=O)N(C)C)c1. The highest BCUT2D eigenvalue weighted by molar-refractivity contribution is 8.00. The first-order valence-electron chi connectivity index (χ1n) is 4.91. The van der Waals surface area contributed by atoms with Gasteiger partial charge in [0.2, 0.25) is 5.91 Å². The molecule has 0 radical (unpaired) electrons. The van der Waals surface area contributed by atoms with E-state index in [1.807, 2.05) is 0 Å². The Morgan fingerprint density at radius 1 is 1.33 bits per heavy atom. The molecule has 0 aliphatic carbocycles. The maximum absolute atomic E-state index is 11.4. The largest absolute Gasteiger partial charge is 0.348 e. The summed E-state index contributed by atoms with van der Waals surface area (Å²) in [6.07, 6.45) is 0. The molecule has 0 aliphatic heterocycles. The molecule has 0 fully saturated rings. The summed E-state index contributed by atoms with van der Waals surface area (Å²) in [5.74, 6) is 0.665. The molecular formula is C12H17NOS. The average Bonchev–Trinajstić information content (AvgIpc) is 2.18. The molecule has 0 unspecified atom stereocenters. The average molecular weight is 223 g/mol. The van der Waals surface area contributed by atoms with Gasteiger partial charge in [0.1, 0.15) is 0 Å². The maximum Gasteiger partial charge on any atom is 0.232 e. The summed E-state index contributed by atoms with van der Waals surface area (Å²) in [5.41, 5.74) is 2.47. The van der Waals surface area contributed by atoms with Gasteiger partial charge in [0.05, 0.1) is 5.75 Å². The number of hydrogen-bond acceptors (Lipinski definition) is 2. The summed E-state index contributed by atoms with van der Waals surface area (Å²) in [6.45, 7) is 4.14. The van der Waals surface area contributed by atoms with E-state index in [-0.39, 0.29) is 5.91 Å². The summed E-state index contributed by atoms with van der Waals surface area (Å²) in [7, 11) is 3.57. The van der Waals surface area contributed by atoms with Gasteiger partial charge in [-0.3, -0.25) is 4.79 Å². The van der Waals surface area contributed by atoms with Gasteiger partial charge in [-0.05, 0) is 25.5 Å². The second-order valence-corrected chi connectivity index (χ2v) is 4.86. The summed E-state index contributed by atoms with van der Waals surface area (Å²) in [5, 5.41) is 0. The lowest BCUT2D eigenvalue weighted by molar-refractivity contribution is -0.125. The normalized spacial score (nSPS) is 10.1. The van der Waals surface area contributed by atoms with E-state index in [1.165, 1.54) is 16.0 Å². The fourth-order valence-electron chi connectivity index (χ4n) is 1.13. The lowest BCUT2D eigenvalue weighted by Gasteiger charge is -2.11. The van der Waals surface area contributed by atoms with E-state index in [2.05, 4.69) is 32.0 Å².